The fraction of sp³-hybridized carbons (Fsp3) is 0.417. The van der Waals surface area contributed by atoms with Crippen molar-refractivity contribution in [3.8, 4) is 0 Å². The third kappa shape index (κ3) is 3.95. The standard InChI is InChI=1S/C24H27ClFN5O/c1-16(19-6-4-17(25)13-20(19)26)31-15-28-21-7-5-18(14-23(21)31)29-9-11-30(12-10-29)24(32)22-3-2-8-27-22/h4-7,13-16,22,27H,2-3,8-12H2,1H3/t16?,22-/m1/s1. The molecule has 6 nitrogen and oxygen atoms in total. The van der Waals surface area contributed by atoms with Gasteiger partial charge in [-0.2, -0.15) is 0 Å². The monoisotopic (exact) mass is 455 g/mol. The summed E-state index contributed by atoms with van der Waals surface area (Å²) >= 11 is 5.92. The summed E-state index contributed by atoms with van der Waals surface area (Å²) in [5.41, 5.74) is 3.50. The quantitative estimate of drug-likeness (QED) is 0.649. The number of benzene rings is 2. The van der Waals surface area contributed by atoms with Gasteiger partial charge in [-0.25, -0.2) is 9.37 Å². The van der Waals surface area contributed by atoms with Crippen LogP contribution in [0.4, 0.5) is 10.1 Å². The molecule has 2 aliphatic rings. The molecule has 1 amide bonds. The Morgan fingerprint density at radius 2 is 2.00 bits per heavy atom. The van der Waals surface area contributed by atoms with Crippen LogP contribution in [-0.4, -0.2) is 59.1 Å². The lowest BCUT2D eigenvalue weighted by atomic mass is 10.1. The Balaban J connectivity index is 1.34. The van der Waals surface area contributed by atoms with Crippen molar-refractivity contribution in [2.24, 2.45) is 0 Å². The lowest BCUT2D eigenvalue weighted by molar-refractivity contribution is -0.133. The first kappa shape index (κ1) is 21.2. The number of nitrogens with zero attached hydrogens (tertiary/aromatic N) is 4. The predicted octanol–water partition coefficient (Wildman–Crippen LogP) is 3.84. The van der Waals surface area contributed by atoms with Crippen molar-refractivity contribution in [2.45, 2.75) is 31.8 Å². The van der Waals surface area contributed by atoms with Gasteiger partial charge in [0.1, 0.15) is 5.82 Å². The molecule has 2 saturated heterocycles. The minimum Gasteiger partial charge on any atom is -0.368 e. The van der Waals surface area contributed by atoms with Crippen LogP contribution in [-0.2, 0) is 4.79 Å². The van der Waals surface area contributed by atoms with Gasteiger partial charge < -0.3 is 19.7 Å². The van der Waals surface area contributed by atoms with E-state index in [4.69, 9.17) is 11.6 Å². The average molecular weight is 456 g/mol. The van der Waals surface area contributed by atoms with Crippen molar-refractivity contribution >= 4 is 34.2 Å². The number of carbonyl (C=O) groups is 1. The number of halogens is 2. The topological polar surface area (TPSA) is 53.4 Å². The van der Waals surface area contributed by atoms with Crippen molar-refractivity contribution in [1.29, 1.82) is 0 Å². The molecule has 5 rings (SSSR count). The van der Waals surface area contributed by atoms with Crippen LogP contribution in [0.5, 0.6) is 0 Å². The molecule has 0 radical (unpaired) electrons. The van der Waals surface area contributed by atoms with Crippen molar-refractivity contribution in [3.63, 3.8) is 0 Å². The van der Waals surface area contributed by atoms with Crippen LogP contribution in [0.25, 0.3) is 11.0 Å². The molecule has 0 bridgehead atoms. The van der Waals surface area contributed by atoms with Crippen LogP contribution in [0.1, 0.15) is 31.4 Å². The maximum atomic E-state index is 14.5. The van der Waals surface area contributed by atoms with Gasteiger partial charge in [-0.3, -0.25) is 4.79 Å². The molecule has 168 valence electrons. The molecule has 3 aromatic rings. The minimum absolute atomic E-state index is 0.0120. The molecular formula is C24H27ClFN5O. The summed E-state index contributed by atoms with van der Waals surface area (Å²) < 4.78 is 16.5. The van der Waals surface area contributed by atoms with Gasteiger partial charge in [-0.05, 0) is 56.6 Å². The number of anilines is 1. The van der Waals surface area contributed by atoms with E-state index in [1.165, 1.54) is 6.07 Å². The van der Waals surface area contributed by atoms with Gasteiger partial charge >= 0.3 is 0 Å². The summed E-state index contributed by atoms with van der Waals surface area (Å²) in [4.78, 5) is 21.5. The predicted molar refractivity (Wildman–Crippen MR) is 125 cm³/mol. The van der Waals surface area contributed by atoms with Gasteiger partial charge in [-0.1, -0.05) is 17.7 Å². The van der Waals surface area contributed by atoms with Gasteiger partial charge in [0.15, 0.2) is 0 Å². The number of aromatic nitrogens is 2. The molecule has 0 spiro atoms. The molecule has 32 heavy (non-hydrogen) atoms. The summed E-state index contributed by atoms with van der Waals surface area (Å²) in [7, 11) is 0. The van der Waals surface area contributed by atoms with Gasteiger partial charge in [0.2, 0.25) is 5.91 Å². The third-order valence-electron chi connectivity index (χ3n) is 6.70. The second-order valence-corrected chi connectivity index (χ2v) is 9.06. The summed E-state index contributed by atoms with van der Waals surface area (Å²) in [6, 6.07) is 10.7. The Kier molecular flexibility index (Phi) is 5.78. The lowest BCUT2D eigenvalue weighted by Gasteiger charge is -2.37. The highest BCUT2D eigenvalue weighted by Gasteiger charge is 2.29. The zero-order valence-electron chi connectivity index (χ0n) is 18.1. The number of fused-ring (bicyclic) bond motifs is 1. The number of rotatable bonds is 4. The zero-order valence-corrected chi connectivity index (χ0v) is 18.9. The second-order valence-electron chi connectivity index (χ2n) is 8.63. The Bertz CT molecular complexity index is 1130. The molecule has 0 aliphatic carbocycles. The van der Waals surface area contributed by atoms with E-state index >= 15 is 0 Å². The minimum atomic E-state index is -0.319. The van der Waals surface area contributed by atoms with Crippen LogP contribution >= 0.6 is 11.6 Å². The van der Waals surface area contributed by atoms with E-state index in [-0.39, 0.29) is 23.8 Å². The first-order valence-corrected chi connectivity index (χ1v) is 11.6. The van der Waals surface area contributed by atoms with Crippen LogP contribution in [0.3, 0.4) is 0 Å². The number of carbonyl (C=O) groups excluding carboxylic acids is 1. The molecule has 2 fully saturated rings. The number of amides is 1. The molecule has 1 N–H and O–H groups in total. The van der Waals surface area contributed by atoms with Crippen LogP contribution < -0.4 is 10.2 Å². The van der Waals surface area contributed by atoms with E-state index in [9.17, 15) is 9.18 Å². The molecule has 2 aromatic carbocycles. The molecule has 2 aliphatic heterocycles. The van der Waals surface area contributed by atoms with E-state index in [1.54, 1.807) is 18.5 Å². The molecule has 1 aromatic heterocycles. The number of imidazole rings is 1. The van der Waals surface area contributed by atoms with E-state index in [1.807, 2.05) is 22.5 Å². The Labute approximate surface area is 192 Å². The van der Waals surface area contributed by atoms with Gasteiger partial charge in [0.05, 0.1) is 29.4 Å². The average Bonchev–Trinajstić information content (AvgIpc) is 3.48. The Morgan fingerprint density at radius 3 is 2.72 bits per heavy atom. The molecule has 3 heterocycles. The lowest BCUT2D eigenvalue weighted by Crippen LogP contribution is -2.53. The normalized spacial score (nSPS) is 20.2. The molecule has 0 saturated carbocycles. The Morgan fingerprint density at radius 1 is 1.19 bits per heavy atom. The summed E-state index contributed by atoms with van der Waals surface area (Å²) in [6.45, 7) is 5.92. The first-order valence-electron chi connectivity index (χ1n) is 11.2. The van der Waals surface area contributed by atoms with Gasteiger partial charge in [0.25, 0.3) is 0 Å². The van der Waals surface area contributed by atoms with Crippen molar-refractivity contribution in [3.05, 3.63) is 59.1 Å². The smallest absolute Gasteiger partial charge is 0.239 e. The zero-order chi connectivity index (χ0) is 22.2. The van der Waals surface area contributed by atoms with E-state index in [0.717, 1.165) is 62.3 Å². The van der Waals surface area contributed by atoms with E-state index in [0.29, 0.717) is 10.6 Å². The Hall–Kier alpha value is -2.64. The summed E-state index contributed by atoms with van der Waals surface area (Å²) in [5.74, 6) is -0.0879. The molecule has 2 atom stereocenters. The first-order chi connectivity index (χ1) is 15.5. The van der Waals surface area contributed by atoms with Crippen molar-refractivity contribution in [2.75, 3.05) is 37.6 Å². The van der Waals surface area contributed by atoms with Crippen molar-refractivity contribution < 1.29 is 9.18 Å². The molecular weight excluding hydrogens is 429 g/mol. The number of piperazine rings is 1. The van der Waals surface area contributed by atoms with Crippen molar-refractivity contribution in [1.82, 2.24) is 19.8 Å². The number of hydrogen-bond donors (Lipinski definition) is 1. The summed E-state index contributed by atoms with van der Waals surface area (Å²) in [6.07, 6.45) is 3.77. The highest BCUT2D eigenvalue weighted by atomic mass is 35.5. The van der Waals surface area contributed by atoms with E-state index in [2.05, 4.69) is 27.3 Å². The van der Waals surface area contributed by atoms with E-state index < -0.39 is 0 Å². The molecule has 8 heteroatoms. The maximum absolute atomic E-state index is 14.5. The fourth-order valence-corrected chi connectivity index (χ4v) is 4.97. The van der Waals surface area contributed by atoms with Crippen LogP contribution in [0, 0.1) is 5.82 Å². The highest BCUT2D eigenvalue weighted by molar-refractivity contribution is 6.30. The largest absolute Gasteiger partial charge is 0.368 e. The third-order valence-corrected chi connectivity index (χ3v) is 6.94. The number of hydrogen-bond acceptors (Lipinski definition) is 4. The maximum Gasteiger partial charge on any atom is 0.239 e. The van der Waals surface area contributed by atoms with Gasteiger partial charge in [-0.15, -0.1) is 0 Å². The second kappa shape index (κ2) is 8.71. The molecule has 1 unspecified atom stereocenters. The fourth-order valence-electron chi connectivity index (χ4n) is 4.81. The van der Waals surface area contributed by atoms with Crippen LogP contribution in [0.15, 0.2) is 42.7 Å². The number of nitrogens with one attached hydrogen (secondary N) is 1. The SMILES string of the molecule is CC(c1ccc(Cl)cc1F)n1cnc2ccc(N3CCN(C(=O)[C@H]4CCCN4)CC3)cc21. The van der Waals surface area contributed by atoms with Crippen LogP contribution in [0.2, 0.25) is 5.02 Å². The highest BCUT2D eigenvalue weighted by Crippen LogP contribution is 2.29. The van der Waals surface area contributed by atoms with Gasteiger partial charge in [0, 0.05) is 42.5 Å². The summed E-state index contributed by atoms with van der Waals surface area (Å²) in [5, 5.41) is 3.69.